The molecule has 2 N–H and O–H groups in total. The minimum atomic E-state index is -4.14. The molecule has 0 aliphatic carbocycles. The minimum absolute atomic E-state index is 0.00220. The van der Waals surface area contributed by atoms with Gasteiger partial charge in [0.1, 0.15) is 14.2 Å². The molecule has 3 aromatic carbocycles. The first kappa shape index (κ1) is 23.1. The van der Waals surface area contributed by atoms with Crippen LogP contribution < -0.4 is 9.44 Å². The average Bonchev–Trinajstić information content (AvgIpc) is 3.42. The number of nitrogens with one attached hydrogen (secondary N) is 2. The van der Waals surface area contributed by atoms with Gasteiger partial charge in [-0.25, -0.2) is 21.2 Å². The molecule has 6 nitrogen and oxygen atoms in total. The molecular formula is C22H14ClFN2O4S4. The molecule has 0 aliphatic heterocycles. The Balaban J connectivity index is 1.53. The van der Waals surface area contributed by atoms with Crippen LogP contribution in [-0.4, -0.2) is 16.8 Å². The normalized spacial score (nSPS) is 12.3. The summed E-state index contributed by atoms with van der Waals surface area (Å²) in [6.45, 7) is 0. The summed E-state index contributed by atoms with van der Waals surface area (Å²) in [6, 6.07) is 19.2. The molecule has 0 fully saturated rings. The van der Waals surface area contributed by atoms with E-state index in [1.807, 2.05) is 0 Å². The highest BCUT2D eigenvalue weighted by Crippen LogP contribution is 2.36. The summed E-state index contributed by atoms with van der Waals surface area (Å²) in [5, 5.41) is 1.12. The summed E-state index contributed by atoms with van der Waals surface area (Å²) in [4.78, 5) is 0. The Morgan fingerprint density at radius 3 is 1.59 bits per heavy atom. The fraction of sp³-hybridized carbons (Fsp3) is 0. The lowest BCUT2D eigenvalue weighted by atomic mass is 10.3. The summed E-state index contributed by atoms with van der Waals surface area (Å²) in [6.07, 6.45) is 0. The van der Waals surface area contributed by atoms with E-state index in [1.54, 1.807) is 48.5 Å². The van der Waals surface area contributed by atoms with Gasteiger partial charge in [-0.1, -0.05) is 48.0 Å². The molecule has 0 bridgehead atoms. The third-order valence-electron chi connectivity index (χ3n) is 4.88. The van der Waals surface area contributed by atoms with Gasteiger partial charge < -0.3 is 0 Å². The third-order valence-corrected chi connectivity index (χ3v) is 11.1. The fourth-order valence-corrected chi connectivity index (χ4v) is 8.39. The van der Waals surface area contributed by atoms with E-state index in [1.165, 1.54) is 12.1 Å². The zero-order valence-electron chi connectivity index (χ0n) is 17.0. The predicted octanol–water partition coefficient (Wildman–Crippen LogP) is 6.51. The minimum Gasteiger partial charge on any atom is -0.277 e. The zero-order chi connectivity index (χ0) is 24.1. The molecule has 174 valence electrons. The Morgan fingerprint density at radius 2 is 1.12 bits per heavy atom. The summed E-state index contributed by atoms with van der Waals surface area (Å²) in [7, 11) is -8.25. The molecule has 0 saturated heterocycles. The van der Waals surface area contributed by atoms with E-state index in [0.717, 1.165) is 55.0 Å². The van der Waals surface area contributed by atoms with Crippen molar-refractivity contribution in [1.82, 2.24) is 0 Å². The van der Waals surface area contributed by atoms with Crippen LogP contribution in [0.3, 0.4) is 0 Å². The Labute approximate surface area is 207 Å². The van der Waals surface area contributed by atoms with Gasteiger partial charge in [0.2, 0.25) is 0 Å². The number of halogens is 2. The van der Waals surface area contributed by atoms with Crippen molar-refractivity contribution >= 4 is 85.9 Å². The van der Waals surface area contributed by atoms with Crippen LogP contribution in [0.25, 0.3) is 20.2 Å². The molecule has 0 unspecified atom stereocenters. The van der Waals surface area contributed by atoms with Crippen molar-refractivity contribution in [2.75, 3.05) is 9.44 Å². The molecule has 0 aliphatic rings. The lowest BCUT2D eigenvalue weighted by molar-refractivity contribution is 0.600. The quantitative estimate of drug-likeness (QED) is 0.251. The maximum atomic E-state index is 14.3. The number of fused-ring (bicyclic) bond motifs is 2. The van der Waals surface area contributed by atoms with E-state index >= 15 is 0 Å². The van der Waals surface area contributed by atoms with E-state index in [4.69, 9.17) is 11.6 Å². The fourth-order valence-electron chi connectivity index (χ4n) is 3.29. The van der Waals surface area contributed by atoms with Gasteiger partial charge >= 0.3 is 0 Å². The maximum absolute atomic E-state index is 14.3. The van der Waals surface area contributed by atoms with Gasteiger partial charge in [0.25, 0.3) is 20.0 Å². The van der Waals surface area contributed by atoms with Crippen LogP contribution in [0, 0.1) is 5.82 Å². The van der Waals surface area contributed by atoms with Gasteiger partial charge in [-0.3, -0.25) is 9.44 Å². The van der Waals surface area contributed by atoms with Crippen LogP contribution >= 0.6 is 34.3 Å². The van der Waals surface area contributed by atoms with Crippen LogP contribution in [0.1, 0.15) is 0 Å². The lowest BCUT2D eigenvalue weighted by Crippen LogP contribution is -2.17. The van der Waals surface area contributed by atoms with Crippen molar-refractivity contribution in [2.24, 2.45) is 0 Å². The summed E-state index contributed by atoms with van der Waals surface area (Å²) in [5.74, 6) is -0.902. The molecule has 2 heterocycles. The van der Waals surface area contributed by atoms with Crippen LogP contribution in [0.2, 0.25) is 5.02 Å². The van der Waals surface area contributed by atoms with Gasteiger partial charge in [0, 0.05) is 15.5 Å². The first-order valence-corrected chi connectivity index (χ1v) is 14.6. The molecule has 5 rings (SSSR count). The summed E-state index contributed by atoms with van der Waals surface area (Å²) >= 11 is 7.98. The van der Waals surface area contributed by atoms with Gasteiger partial charge in [-0.05, 0) is 41.1 Å². The number of thiophene rings is 2. The first-order valence-electron chi connectivity index (χ1n) is 9.64. The van der Waals surface area contributed by atoms with Gasteiger partial charge in [0.15, 0.2) is 0 Å². The number of hydrogen-bond acceptors (Lipinski definition) is 6. The summed E-state index contributed by atoms with van der Waals surface area (Å²) in [5.41, 5.74) is -0.488. The van der Waals surface area contributed by atoms with Crippen LogP contribution in [0.5, 0.6) is 0 Å². The molecule has 0 amide bonds. The Morgan fingerprint density at radius 1 is 0.676 bits per heavy atom. The van der Waals surface area contributed by atoms with Crippen LogP contribution in [-0.2, 0) is 20.0 Å². The molecular weight excluding hydrogens is 539 g/mol. The Bertz CT molecular complexity index is 1580. The predicted molar refractivity (Wildman–Crippen MR) is 137 cm³/mol. The van der Waals surface area contributed by atoms with Gasteiger partial charge in [0.05, 0.1) is 16.4 Å². The molecule has 5 aromatic rings. The maximum Gasteiger partial charge on any atom is 0.271 e. The lowest BCUT2D eigenvalue weighted by Gasteiger charge is -2.14. The van der Waals surface area contributed by atoms with Crippen LogP contribution in [0.4, 0.5) is 15.8 Å². The molecule has 2 aromatic heterocycles. The highest BCUT2D eigenvalue weighted by Gasteiger charge is 2.24. The molecule has 0 saturated carbocycles. The van der Waals surface area contributed by atoms with E-state index in [-0.39, 0.29) is 24.8 Å². The molecule has 34 heavy (non-hydrogen) atoms. The van der Waals surface area contributed by atoms with Crippen molar-refractivity contribution in [3.05, 3.63) is 83.6 Å². The molecule has 0 atom stereocenters. The van der Waals surface area contributed by atoms with E-state index in [9.17, 15) is 21.2 Å². The second-order valence-corrected chi connectivity index (χ2v) is 13.6. The average molecular weight is 553 g/mol. The number of rotatable bonds is 6. The SMILES string of the molecule is O=S(=O)(Nc1cc(F)c(Cl)cc1NS(=O)(=O)c1cc2ccccc2s1)c1cc2ccccc2s1. The number of sulfonamides is 2. The van der Waals surface area contributed by atoms with Gasteiger partial charge in [-0.2, -0.15) is 0 Å². The largest absolute Gasteiger partial charge is 0.277 e. The molecule has 0 spiro atoms. The highest BCUT2D eigenvalue weighted by atomic mass is 35.5. The molecule has 0 radical (unpaired) electrons. The van der Waals surface area contributed by atoms with Crippen molar-refractivity contribution in [1.29, 1.82) is 0 Å². The Hall–Kier alpha value is -2.70. The van der Waals surface area contributed by atoms with Crippen molar-refractivity contribution in [2.45, 2.75) is 8.42 Å². The first-order chi connectivity index (χ1) is 16.1. The smallest absolute Gasteiger partial charge is 0.271 e. The second-order valence-electron chi connectivity index (χ2n) is 7.23. The van der Waals surface area contributed by atoms with Crippen molar-refractivity contribution < 1.29 is 21.2 Å². The van der Waals surface area contributed by atoms with Crippen molar-refractivity contribution in [3.63, 3.8) is 0 Å². The second kappa shape index (κ2) is 8.51. The van der Waals surface area contributed by atoms with Gasteiger partial charge in [-0.15, -0.1) is 22.7 Å². The molecule has 12 heteroatoms. The van der Waals surface area contributed by atoms with E-state index in [0.29, 0.717) is 0 Å². The topological polar surface area (TPSA) is 92.3 Å². The number of benzene rings is 3. The van der Waals surface area contributed by atoms with E-state index in [2.05, 4.69) is 9.44 Å². The number of hydrogen-bond donors (Lipinski definition) is 2. The Kier molecular flexibility index (Phi) is 5.77. The van der Waals surface area contributed by atoms with E-state index < -0.39 is 25.9 Å². The highest BCUT2D eigenvalue weighted by molar-refractivity contribution is 7.95. The zero-order valence-corrected chi connectivity index (χ0v) is 21.0. The number of anilines is 2. The summed E-state index contributed by atoms with van der Waals surface area (Å²) < 4.78 is 72.6. The van der Waals surface area contributed by atoms with Crippen LogP contribution in [0.15, 0.2) is 81.2 Å². The third kappa shape index (κ3) is 4.37. The monoisotopic (exact) mass is 552 g/mol. The van der Waals surface area contributed by atoms with Crippen molar-refractivity contribution in [3.8, 4) is 0 Å². The standard InChI is InChI=1S/C22H14ClFN2O4S4/c23-15-11-17(25-33(27,28)21-9-13-5-1-3-7-19(13)31-21)18(12-16(15)24)26-34(29,30)22-10-14-6-2-4-8-20(14)32-22/h1-12,25-26H.